The minimum atomic E-state index is -1.16. The monoisotopic (exact) mass is 218 g/mol. The quantitative estimate of drug-likeness (QED) is 0.459. The van der Waals surface area contributed by atoms with Crippen molar-refractivity contribution in [1.82, 2.24) is 0 Å². The standard InChI is InChI=1S/C10H24Ge/c1-5-6-7-8-9-10-11(2,3)4/h5-10H2,1-4H3. The third kappa shape index (κ3) is 10.5. The SMILES string of the molecule is CCCCCC[CH2][Ge]([CH3])([CH3])[CH3]. The summed E-state index contributed by atoms with van der Waals surface area (Å²) in [6.45, 7) is 2.28. The molecule has 68 valence electrons. The summed E-state index contributed by atoms with van der Waals surface area (Å²) in [5.74, 6) is 7.54. The number of hydrogen-bond acceptors (Lipinski definition) is 0. The molecule has 0 saturated carbocycles. The van der Waals surface area contributed by atoms with E-state index in [-0.39, 0.29) is 0 Å². The maximum atomic E-state index is 2.51. The Hall–Kier alpha value is 0.543. The molecular weight excluding hydrogens is 193 g/mol. The van der Waals surface area contributed by atoms with Gasteiger partial charge in [0.05, 0.1) is 0 Å². The van der Waals surface area contributed by atoms with Crippen LogP contribution in [0.4, 0.5) is 0 Å². The van der Waals surface area contributed by atoms with Gasteiger partial charge in [-0.1, -0.05) is 0 Å². The molecule has 0 fully saturated rings. The van der Waals surface area contributed by atoms with Gasteiger partial charge in [0.15, 0.2) is 0 Å². The summed E-state index contributed by atoms with van der Waals surface area (Å²) in [7, 11) is 0. The van der Waals surface area contributed by atoms with E-state index in [4.69, 9.17) is 0 Å². The first-order valence-electron chi connectivity index (χ1n) is 5.06. The maximum absolute atomic E-state index is 2.51. The van der Waals surface area contributed by atoms with Crippen LogP contribution in [0.3, 0.4) is 0 Å². The molecule has 0 aliphatic rings. The van der Waals surface area contributed by atoms with Gasteiger partial charge in [0.2, 0.25) is 0 Å². The van der Waals surface area contributed by atoms with E-state index in [1.165, 1.54) is 32.1 Å². The third-order valence-electron chi connectivity index (χ3n) is 2.03. The van der Waals surface area contributed by atoms with Crippen LogP contribution < -0.4 is 0 Å². The molecule has 0 amide bonds. The second-order valence-electron chi connectivity index (χ2n) is 4.72. The summed E-state index contributed by atoms with van der Waals surface area (Å²) < 4.78 is 0. The summed E-state index contributed by atoms with van der Waals surface area (Å²) in [5, 5.41) is 1.57. The van der Waals surface area contributed by atoms with E-state index in [0.29, 0.717) is 0 Å². The number of rotatable bonds is 6. The molecule has 0 rings (SSSR count). The molecule has 0 aliphatic carbocycles. The molecule has 0 atom stereocenters. The predicted octanol–water partition coefficient (Wildman–Crippen LogP) is 4.30. The van der Waals surface area contributed by atoms with Gasteiger partial charge in [0.25, 0.3) is 0 Å². The third-order valence-corrected chi connectivity index (χ3v) is 5.92. The summed E-state index contributed by atoms with van der Waals surface area (Å²) in [6.07, 6.45) is 7.27. The number of hydrogen-bond donors (Lipinski definition) is 0. The molecule has 11 heavy (non-hydrogen) atoms. The van der Waals surface area contributed by atoms with Crippen molar-refractivity contribution in [1.29, 1.82) is 0 Å². The van der Waals surface area contributed by atoms with Crippen molar-refractivity contribution in [3.63, 3.8) is 0 Å². The summed E-state index contributed by atoms with van der Waals surface area (Å²) in [6, 6.07) is 0. The molecule has 0 aromatic heterocycles. The van der Waals surface area contributed by atoms with Crippen LogP contribution in [0.5, 0.6) is 0 Å². The molecule has 0 saturated heterocycles. The first-order valence-corrected chi connectivity index (χ1v) is 12.8. The summed E-state index contributed by atoms with van der Waals surface area (Å²) in [4.78, 5) is 0. The average molecular weight is 217 g/mol. The fourth-order valence-corrected chi connectivity index (χ4v) is 4.01. The molecule has 0 nitrogen and oxygen atoms in total. The molecule has 0 aromatic carbocycles. The van der Waals surface area contributed by atoms with Gasteiger partial charge >= 0.3 is 74.8 Å². The Labute approximate surface area is 75.1 Å². The van der Waals surface area contributed by atoms with Crippen molar-refractivity contribution in [3.05, 3.63) is 0 Å². The van der Waals surface area contributed by atoms with Crippen LogP contribution in [-0.2, 0) is 0 Å². The molecule has 0 unspecified atom stereocenters. The van der Waals surface area contributed by atoms with Crippen molar-refractivity contribution in [2.75, 3.05) is 0 Å². The molecule has 0 radical (unpaired) electrons. The van der Waals surface area contributed by atoms with Gasteiger partial charge in [-0.25, -0.2) is 0 Å². The molecule has 1 heteroatoms. The van der Waals surface area contributed by atoms with E-state index in [2.05, 4.69) is 24.2 Å². The Kier molecular flexibility index (Phi) is 6.40. The molecular formula is C10H24Ge. The van der Waals surface area contributed by atoms with Gasteiger partial charge in [0, 0.05) is 0 Å². The van der Waals surface area contributed by atoms with Crippen molar-refractivity contribution in [2.45, 2.75) is 61.5 Å². The van der Waals surface area contributed by atoms with Crippen LogP contribution in [0.1, 0.15) is 39.0 Å². The van der Waals surface area contributed by atoms with Crippen LogP contribution in [0.2, 0.25) is 22.5 Å². The van der Waals surface area contributed by atoms with Crippen LogP contribution >= 0.6 is 0 Å². The second kappa shape index (κ2) is 6.10. The van der Waals surface area contributed by atoms with Gasteiger partial charge in [-0.3, -0.25) is 0 Å². The Morgan fingerprint density at radius 3 is 1.82 bits per heavy atom. The first kappa shape index (κ1) is 11.5. The molecule has 0 bridgehead atoms. The van der Waals surface area contributed by atoms with Gasteiger partial charge in [0.1, 0.15) is 0 Å². The average Bonchev–Trinajstić information content (AvgIpc) is 1.85. The fraction of sp³-hybridized carbons (Fsp3) is 1.00. The molecule has 0 spiro atoms. The fourth-order valence-electron chi connectivity index (χ4n) is 1.26. The van der Waals surface area contributed by atoms with Crippen LogP contribution in [-0.4, -0.2) is 13.3 Å². The predicted molar refractivity (Wildman–Crippen MR) is 56.9 cm³/mol. The van der Waals surface area contributed by atoms with Crippen molar-refractivity contribution in [3.8, 4) is 0 Å². The van der Waals surface area contributed by atoms with Gasteiger partial charge in [-0.05, 0) is 0 Å². The summed E-state index contributed by atoms with van der Waals surface area (Å²) >= 11 is -1.16. The number of unbranched alkanes of at least 4 members (excludes halogenated alkanes) is 4. The first-order chi connectivity index (χ1) is 5.06. The van der Waals surface area contributed by atoms with Crippen molar-refractivity contribution < 1.29 is 0 Å². The Bertz CT molecular complexity index is 81.4. The molecule has 0 heterocycles. The molecule has 0 aromatic rings. The van der Waals surface area contributed by atoms with Crippen LogP contribution in [0.25, 0.3) is 0 Å². The summed E-state index contributed by atoms with van der Waals surface area (Å²) in [5.41, 5.74) is 0. The van der Waals surface area contributed by atoms with Crippen molar-refractivity contribution in [2.24, 2.45) is 0 Å². The normalized spacial score (nSPS) is 12.0. The van der Waals surface area contributed by atoms with E-state index in [1.54, 1.807) is 5.25 Å². The van der Waals surface area contributed by atoms with Crippen LogP contribution in [0.15, 0.2) is 0 Å². The van der Waals surface area contributed by atoms with E-state index < -0.39 is 13.3 Å². The van der Waals surface area contributed by atoms with Gasteiger partial charge in [-0.15, -0.1) is 0 Å². The second-order valence-corrected chi connectivity index (χ2v) is 16.5. The van der Waals surface area contributed by atoms with Crippen LogP contribution in [0, 0.1) is 0 Å². The topological polar surface area (TPSA) is 0 Å². The zero-order valence-corrected chi connectivity index (χ0v) is 10.8. The van der Waals surface area contributed by atoms with E-state index in [1.807, 2.05) is 0 Å². The molecule has 0 N–H and O–H groups in total. The van der Waals surface area contributed by atoms with Gasteiger partial charge in [-0.2, -0.15) is 0 Å². The Balaban J connectivity index is 3.02. The molecule has 0 aliphatic heterocycles. The van der Waals surface area contributed by atoms with E-state index in [9.17, 15) is 0 Å². The minimum absolute atomic E-state index is 1.16. The van der Waals surface area contributed by atoms with Gasteiger partial charge < -0.3 is 0 Å². The van der Waals surface area contributed by atoms with E-state index in [0.717, 1.165) is 0 Å². The zero-order chi connectivity index (χ0) is 8.74. The Morgan fingerprint density at radius 2 is 1.36 bits per heavy atom. The Morgan fingerprint density at radius 1 is 0.818 bits per heavy atom. The van der Waals surface area contributed by atoms with E-state index >= 15 is 0 Å². The zero-order valence-electron chi connectivity index (χ0n) is 8.74. The van der Waals surface area contributed by atoms with Crippen molar-refractivity contribution >= 4 is 13.3 Å².